The third-order valence-electron chi connectivity index (χ3n) is 9.85. The molecule has 0 aromatic carbocycles. The predicted octanol–water partition coefficient (Wildman–Crippen LogP) is 3.07. The van der Waals surface area contributed by atoms with Gasteiger partial charge in [0.25, 0.3) is 0 Å². The molecule has 5 rings (SSSR count). The Kier molecular flexibility index (Phi) is 3.40. The lowest BCUT2D eigenvalue weighted by molar-refractivity contribution is -0.198. The van der Waals surface area contributed by atoms with Crippen molar-refractivity contribution in [3.8, 4) is 0 Å². The van der Waals surface area contributed by atoms with Crippen LogP contribution in [0.2, 0.25) is 0 Å². The van der Waals surface area contributed by atoms with Crippen molar-refractivity contribution >= 4 is 0 Å². The van der Waals surface area contributed by atoms with Crippen LogP contribution in [0.3, 0.4) is 0 Å². The van der Waals surface area contributed by atoms with E-state index in [0.717, 1.165) is 12.8 Å². The molecular formula is C21H35NO3. The van der Waals surface area contributed by atoms with Gasteiger partial charge in [0.15, 0.2) is 0 Å². The molecule has 4 nitrogen and oxygen atoms in total. The number of nitrogens with two attached hydrogens (primary N) is 1. The first-order chi connectivity index (χ1) is 11.9. The van der Waals surface area contributed by atoms with Crippen LogP contribution in [0.25, 0.3) is 0 Å². The summed E-state index contributed by atoms with van der Waals surface area (Å²) in [6, 6.07) is 0. The molecule has 5 aliphatic rings. The highest BCUT2D eigenvalue weighted by molar-refractivity contribution is 5.25. The SMILES string of the molecule is CO[C@H]1C[C@@H]2C[C@@H]3OC(N)[C@@]4(CCC[C@@](C)(CO)[C@H]34)[C@]23CC[C@@]1(C)C3. The third-order valence-corrected chi connectivity index (χ3v) is 9.85. The van der Waals surface area contributed by atoms with Crippen molar-refractivity contribution in [2.24, 2.45) is 39.2 Å². The third kappa shape index (κ3) is 1.74. The van der Waals surface area contributed by atoms with Gasteiger partial charge in [0.2, 0.25) is 0 Å². The molecule has 1 unspecified atom stereocenters. The Bertz CT molecular complexity index is 583. The lowest BCUT2D eigenvalue weighted by atomic mass is 9.37. The second-order valence-electron chi connectivity index (χ2n) is 10.7. The van der Waals surface area contributed by atoms with Gasteiger partial charge in [-0.1, -0.05) is 20.3 Å². The summed E-state index contributed by atoms with van der Waals surface area (Å²) in [5, 5.41) is 10.3. The zero-order chi connectivity index (χ0) is 17.7. The van der Waals surface area contributed by atoms with Gasteiger partial charge in [-0.2, -0.15) is 0 Å². The van der Waals surface area contributed by atoms with Crippen molar-refractivity contribution in [2.75, 3.05) is 13.7 Å². The van der Waals surface area contributed by atoms with E-state index in [9.17, 15) is 5.11 Å². The van der Waals surface area contributed by atoms with Gasteiger partial charge in [0.05, 0.1) is 12.2 Å². The molecule has 1 saturated heterocycles. The first-order valence-corrected chi connectivity index (χ1v) is 10.4. The first kappa shape index (κ1) is 17.0. The van der Waals surface area contributed by atoms with Crippen LogP contribution >= 0.6 is 0 Å². The lowest BCUT2D eigenvalue weighted by Gasteiger charge is -2.66. The highest BCUT2D eigenvalue weighted by Gasteiger charge is 2.77. The fraction of sp³-hybridized carbons (Fsp3) is 1.00. The first-order valence-electron chi connectivity index (χ1n) is 10.4. The molecule has 3 N–H and O–H groups in total. The van der Waals surface area contributed by atoms with Crippen molar-refractivity contribution in [1.29, 1.82) is 0 Å². The molecule has 25 heavy (non-hydrogen) atoms. The molecular weight excluding hydrogens is 314 g/mol. The highest BCUT2D eigenvalue weighted by atomic mass is 16.5. The number of hydrogen-bond acceptors (Lipinski definition) is 4. The summed E-state index contributed by atoms with van der Waals surface area (Å²) in [5.74, 6) is 1.09. The quantitative estimate of drug-likeness (QED) is 0.804. The zero-order valence-electron chi connectivity index (χ0n) is 16.1. The minimum absolute atomic E-state index is 0.0339. The smallest absolute Gasteiger partial charge is 0.112 e. The van der Waals surface area contributed by atoms with E-state index in [4.69, 9.17) is 15.2 Å². The van der Waals surface area contributed by atoms with Crippen molar-refractivity contribution in [1.82, 2.24) is 0 Å². The maximum Gasteiger partial charge on any atom is 0.112 e. The van der Waals surface area contributed by atoms with E-state index in [1.165, 1.54) is 38.5 Å². The maximum atomic E-state index is 10.3. The Morgan fingerprint density at radius 2 is 1.96 bits per heavy atom. The number of fused-ring (bicyclic) bond motifs is 1. The summed E-state index contributed by atoms with van der Waals surface area (Å²) in [7, 11) is 1.89. The molecule has 4 saturated carbocycles. The van der Waals surface area contributed by atoms with Gasteiger partial charge >= 0.3 is 0 Å². The normalized spacial score (nSPS) is 62.5. The average molecular weight is 350 g/mol. The number of hydrogen-bond donors (Lipinski definition) is 2. The van der Waals surface area contributed by atoms with Crippen LogP contribution in [-0.2, 0) is 9.47 Å². The van der Waals surface area contributed by atoms with Crippen LogP contribution < -0.4 is 5.73 Å². The molecule has 9 atom stereocenters. The largest absolute Gasteiger partial charge is 0.396 e. The lowest BCUT2D eigenvalue weighted by Crippen LogP contribution is -2.66. The fourth-order valence-electron chi connectivity index (χ4n) is 8.97. The Labute approximate surface area is 151 Å². The van der Waals surface area contributed by atoms with Crippen LogP contribution in [0.15, 0.2) is 0 Å². The summed E-state index contributed by atoms with van der Waals surface area (Å²) in [5.41, 5.74) is 7.41. The van der Waals surface area contributed by atoms with Crippen molar-refractivity contribution in [3.05, 3.63) is 0 Å². The fourth-order valence-corrected chi connectivity index (χ4v) is 8.97. The number of aliphatic hydroxyl groups is 1. The van der Waals surface area contributed by atoms with E-state index in [0.29, 0.717) is 23.4 Å². The predicted molar refractivity (Wildman–Crippen MR) is 95.7 cm³/mol. The van der Waals surface area contributed by atoms with E-state index >= 15 is 0 Å². The molecule has 0 aromatic heterocycles. The van der Waals surface area contributed by atoms with E-state index in [2.05, 4.69) is 13.8 Å². The van der Waals surface area contributed by atoms with Gasteiger partial charge < -0.3 is 20.3 Å². The Morgan fingerprint density at radius 1 is 1.16 bits per heavy atom. The molecule has 5 fully saturated rings. The Morgan fingerprint density at radius 3 is 2.68 bits per heavy atom. The minimum Gasteiger partial charge on any atom is -0.396 e. The van der Waals surface area contributed by atoms with Crippen molar-refractivity contribution in [2.45, 2.75) is 83.6 Å². The van der Waals surface area contributed by atoms with Gasteiger partial charge in [-0.05, 0) is 67.1 Å². The monoisotopic (exact) mass is 349 g/mol. The van der Waals surface area contributed by atoms with Gasteiger partial charge in [0, 0.05) is 25.0 Å². The maximum absolute atomic E-state index is 10.3. The summed E-state index contributed by atoms with van der Waals surface area (Å²) in [6.45, 7) is 5.01. The summed E-state index contributed by atoms with van der Waals surface area (Å²) < 4.78 is 12.5. The second-order valence-corrected chi connectivity index (χ2v) is 10.7. The number of methoxy groups -OCH3 is 1. The summed E-state index contributed by atoms with van der Waals surface area (Å²) in [4.78, 5) is 0. The minimum atomic E-state index is -0.153. The molecule has 0 radical (unpaired) electrons. The number of ether oxygens (including phenoxy) is 2. The van der Waals surface area contributed by atoms with E-state index in [1.807, 2.05) is 7.11 Å². The Hall–Kier alpha value is -0.160. The molecule has 4 aliphatic carbocycles. The molecule has 1 spiro atoms. The van der Waals surface area contributed by atoms with E-state index in [-0.39, 0.29) is 35.2 Å². The van der Waals surface area contributed by atoms with Crippen LogP contribution in [0.1, 0.15) is 65.2 Å². The van der Waals surface area contributed by atoms with Gasteiger partial charge in [0.1, 0.15) is 6.23 Å². The summed E-state index contributed by atoms with van der Waals surface area (Å²) in [6.07, 6.45) is 9.99. The molecule has 142 valence electrons. The zero-order valence-corrected chi connectivity index (χ0v) is 16.1. The van der Waals surface area contributed by atoms with Gasteiger partial charge in [-0.15, -0.1) is 0 Å². The van der Waals surface area contributed by atoms with Crippen LogP contribution in [-0.4, -0.2) is 37.3 Å². The molecule has 1 heterocycles. The molecule has 1 aliphatic heterocycles. The second kappa shape index (κ2) is 5.01. The molecule has 0 amide bonds. The number of aliphatic hydroxyl groups excluding tert-OH is 1. The van der Waals surface area contributed by atoms with Gasteiger partial charge in [-0.3, -0.25) is 0 Å². The highest BCUT2D eigenvalue weighted by Crippen LogP contribution is 2.79. The van der Waals surface area contributed by atoms with Gasteiger partial charge in [-0.25, -0.2) is 0 Å². The molecule has 4 bridgehead atoms. The van der Waals surface area contributed by atoms with Crippen LogP contribution in [0.5, 0.6) is 0 Å². The van der Waals surface area contributed by atoms with E-state index in [1.54, 1.807) is 0 Å². The standard InChI is InChI=1S/C21H35NO3/c1-18-7-8-20(11-18)13(10-15(18)24-3)9-14-16-19(2,12-23)5-4-6-21(16,20)17(22)25-14/h13-17,23H,4-12,22H2,1-3H3/t13-,14-,15-,16-,17?,18-,19-,20-,21-/m0/s1. The van der Waals surface area contributed by atoms with E-state index < -0.39 is 0 Å². The van der Waals surface area contributed by atoms with Crippen LogP contribution in [0.4, 0.5) is 0 Å². The average Bonchev–Trinajstić information content (AvgIpc) is 3.03. The topological polar surface area (TPSA) is 64.7 Å². The number of rotatable bonds is 2. The Balaban J connectivity index is 1.66. The van der Waals surface area contributed by atoms with Crippen molar-refractivity contribution in [3.63, 3.8) is 0 Å². The molecule has 4 heteroatoms. The van der Waals surface area contributed by atoms with Crippen LogP contribution in [0, 0.1) is 33.5 Å². The summed E-state index contributed by atoms with van der Waals surface area (Å²) >= 11 is 0. The molecule has 0 aromatic rings. The van der Waals surface area contributed by atoms with Crippen molar-refractivity contribution < 1.29 is 14.6 Å².